The van der Waals surface area contributed by atoms with Gasteiger partial charge in [0, 0.05) is 58.5 Å². The summed E-state index contributed by atoms with van der Waals surface area (Å²) in [7, 11) is 0. The van der Waals surface area contributed by atoms with E-state index in [9.17, 15) is 30.3 Å². The minimum atomic E-state index is -1.23. The first-order chi connectivity index (χ1) is 33.7. The number of carbonyl (C=O) groups is 2. The van der Waals surface area contributed by atoms with Gasteiger partial charge in [-0.25, -0.2) is 9.59 Å². The largest absolute Gasteiger partial charge is 0.485 e. The van der Waals surface area contributed by atoms with Crippen molar-refractivity contribution in [2.45, 2.75) is 51.2 Å². The number of hydrogen-bond acceptors (Lipinski definition) is 16. The number of para-hydroxylation sites is 1. The summed E-state index contributed by atoms with van der Waals surface area (Å²) < 4.78 is 25.7. The number of ether oxygens (including phenoxy) is 4. The van der Waals surface area contributed by atoms with Gasteiger partial charge in [0.1, 0.15) is 49.7 Å². The second-order valence-electron chi connectivity index (χ2n) is 16.8. The fourth-order valence-corrected chi connectivity index (χ4v) is 19.3. The Balaban J connectivity index is 0.854. The van der Waals surface area contributed by atoms with Crippen LogP contribution in [0.2, 0.25) is 0 Å². The summed E-state index contributed by atoms with van der Waals surface area (Å²) >= 11 is 12.1. The van der Waals surface area contributed by atoms with Crippen molar-refractivity contribution >= 4 is 121 Å². The van der Waals surface area contributed by atoms with Crippen molar-refractivity contribution in [3.8, 4) is 35.1 Å². The lowest BCUT2D eigenvalue weighted by Crippen LogP contribution is -2.44. The van der Waals surface area contributed by atoms with E-state index in [2.05, 4.69) is 71.7 Å². The van der Waals surface area contributed by atoms with Crippen LogP contribution >= 0.6 is 81.1 Å². The van der Waals surface area contributed by atoms with Crippen molar-refractivity contribution in [2.24, 2.45) is 0 Å². The number of aliphatic carboxylic acids is 2. The molecule has 12 rings (SSSR count). The lowest BCUT2D eigenvalue weighted by molar-refractivity contribution is -0.133. The van der Waals surface area contributed by atoms with Crippen molar-refractivity contribution in [1.29, 1.82) is 10.5 Å². The molecule has 0 spiro atoms. The standard InChI is InChI=1S/C51H37N3O8S7/c52-22-27(50(55)56)14-31-19-37-38(64-31)18-29(24-63-37)48-43-42(59-10-11-60-43)46(68-48)25-6-8-33-35(16-25)66-36-17-26(7-9-34(36)54(33)30-4-2-1-3-5-30)47-44-45(62-13-12-61-44)49(69-47)41-21-40-39(67-41)20-32(65-40)15-28(23-53)51(57)58/h1-6,8,14-20,33,35,37-38,41H,7,9-13,21,24H2,(H,55,56)(H,57,58)/b27-14+,28-15+. The van der Waals surface area contributed by atoms with Gasteiger partial charge < -0.3 is 34.1 Å². The van der Waals surface area contributed by atoms with Crippen LogP contribution in [-0.2, 0) is 16.0 Å². The number of hydrogen-bond donors (Lipinski definition) is 2. The van der Waals surface area contributed by atoms with E-state index in [-0.39, 0.29) is 38.2 Å². The Morgan fingerprint density at radius 2 is 1.45 bits per heavy atom. The molecule has 2 aliphatic carbocycles. The van der Waals surface area contributed by atoms with Gasteiger partial charge in [-0.3, -0.25) is 0 Å². The number of allylic oxidation sites excluding steroid dienone is 6. The Kier molecular flexibility index (Phi) is 11.9. The maximum atomic E-state index is 11.6. The molecule has 18 heteroatoms. The van der Waals surface area contributed by atoms with Gasteiger partial charge >= 0.3 is 11.9 Å². The molecular formula is C51H37N3O8S7. The smallest absolute Gasteiger partial charge is 0.346 e. The van der Waals surface area contributed by atoms with Gasteiger partial charge in [0.2, 0.25) is 0 Å². The number of nitriles is 2. The van der Waals surface area contributed by atoms with Gasteiger partial charge in [-0.1, -0.05) is 48.6 Å². The van der Waals surface area contributed by atoms with Gasteiger partial charge in [-0.05, 0) is 66.0 Å². The number of nitrogens with zero attached hydrogens (tertiary/aromatic N) is 3. The molecule has 11 nitrogen and oxygen atoms in total. The number of rotatable bonds is 9. The topological polar surface area (TPSA) is 162 Å². The van der Waals surface area contributed by atoms with E-state index >= 15 is 0 Å². The first kappa shape index (κ1) is 44.7. The quantitative estimate of drug-likeness (QED) is 0.120. The summed E-state index contributed by atoms with van der Waals surface area (Å²) in [4.78, 5) is 35.0. The average molecular weight is 1040 g/mol. The van der Waals surface area contributed by atoms with E-state index in [1.165, 1.54) is 50.1 Å². The molecule has 1 aromatic carbocycles. The number of benzene rings is 1. The second-order valence-corrected chi connectivity index (χ2v) is 24.9. The predicted octanol–water partition coefficient (Wildman–Crippen LogP) is 11.9. The van der Waals surface area contributed by atoms with Gasteiger partial charge in [0.15, 0.2) is 23.0 Å². The maximum absolute atomic E-state index is 11.6. The highest BCUT2D eigenvalue weighted by molar-refractivity contribution is 8.07. The van der Waals surface area contributed by atoms with Crippen LogP contribution in [0.15, 0.2) is 110 Å². The van der Waals surface area contributed by atoms with E-state index in [0.717, 1.165) is 93.5 Å². The van der Waals surface area contributed by atoms with Crippen LogP contribution in [0.25, 0.3) is 22.8 Å². The molecule has 0 fully saturated rings. The molecule has 8 aliphatic rings. The van der Waals surface area contributed by atoms with Crippen LogP contribution in [0.5, 0.6) is 23.0 Å². The molecule has 0 radical (unpaired) electrons. The Morgan fingerprint density at radius 1 is 0.739 bits per heavy atom. The zero-order chi connectivity index (χ0) is 46.9. The highest BCUT2D eigenvalue weighted by atomic mass is 32.2. The molecule has 346 valence electrons. The van der Waals surface area contributed by atoms with Crippen LogP contribution in [0, 0.1) is 22.7 Å². The van der Waals surface area contributed by atoms with Crippen molar-refractivity contribution in [3.05, 3.63) is 135 Å². The maximum Gasteiger partial charge on any atom is 0.346 e. The minimum absolute atomic E-state index is 0.0767. The molecule has 5 atom stereocenters. The summed E-state index contributed by atoms with van der Waals surface area (Å²) in [5.74, 6) is 1.54. The number of fused-ring (bicyclic) bond motifs is 5. The molecule has 5 unspecified atom stereocenters. The molecule has 69 heavy (non-hydrogen) atoms. The van der Waals surface area contributed by atoms with Crippen molar-refractivity contribution in [1.82, 2.24) is 0 Å². The third kappa shape index (κ3) is 8.17. The zero-order valence-corrected chi connectivity index (χ0v) is 41.9. The Hall–Kier alpha value is -5.44. The molecular weight excluding hydrogens is 1010 g/mol. The van der Waals surface area contributed by atoms with Gasteiger partial charge in [-0.15, -0.1) is 81.1 Å². The number of thiophene rings is 3. The van der Waals surface area contributed by atoms with E-state index in [4.69, 9.17) is 18.9 Å². The molecule has 9 heterocycles. The minimum Gasteiger partial charge on any atom is -0.485 e. The van der Waals surface area contributed by atoms with Gasteiger partial charge in [-0.2, -0.15) is 10.5 Å². The van der Waals surface area contributed by atoms with Crippen LogP contribution < -0.4 is 23.8 Å². The third-order valence-corrected chi connectivity index (χ3v) is 21.9. The molecule has 0 saturated heterocycles. The number of carboxylic acid groups (broad SMARTS) is 2. The number of thioether (sulfide) groups is 4. The molecule has 0 bridgehead atoms. The van der Waals surface area contributed by atoms with E-state index in [0.29, 0.717) is 26.4 Å². The molecule has 6 aliphatic heterocycles. The fourth-order valence-electron chi connectivity index (χ4n) is 9.60. The number of anilines is 1. The highest BCUT2D eigenvalue weighted by Crippen LogP contribution is 2.60. The summed E-state index contributed by atoms with van der Waals surface area (Å²) in [6, 6.07) is 16.3. The molecule has 4 aromatic rings. The Bertz CT molecular complexity index is 3200. The lowest BCUT2D eigenvalue weighted by Gasteiger charge is -2.45. The van der Waals surface area contributed by atoms with Crippen LogP contribution in [0.4, 0.5) is 5.69 Å². The van der Waals surface area contributed by atoms with E-state index in [1.54, 1.807) is 58.3 Å². The first-order valence-corrected chi connectivity index (χ1v) is 28.3. The van der Waals surface area contributed by atoms with Crippen molar-refractivity contribution < 1.29 is 38.7 Å². The third-order valence-electron chi connectivity index (χ3n) is 12.6. The summed E-state index contributed by atoms with van der Waals surface area (Å²) in [6.07, 6.45) is 19.1. The predicted molar refractivity (Wildman–Crippen MR) is 279 cm³/mol. The average Bonchev–Trinajstić information content (AvgIpc) is 4.21. The monoisotopic (exact) mass is 1040 g/mol. The van der Waals surface area contributed by atoms with Crippen molar-refractivity contribution in [2.75, 3.05) is 37.1 Å². The Labute approximate surface area is 425 Å². The molecule has 2 N–H and O–H groups in total. The molecule has 0 amide bonds. The van der Waals surface area contributed by atoms with Crippen molar-refractivity contribution in [3.63, 3.8) is 0 Å². The molecule has 0 saturated carbocycles. The second kappa shape index (κ2) is 18.4. The van der Waals surface area contributed by atoms with Crippen LogP contribution in [-0.4, -0.2) is 76.1 Å². The number of carboxylic acids is 2. The summed E-state index contributed by atoms with van der Waals surface area (Å²) in [5, 5.41) is 38.0. The normalized spacial score (nSPS) is 24.4. The van der Waals surface area contributed by atoms with Crippen LogP contribution in [0.1, 0.15) is 47.4 Å². The summed E-state index contributed by atoms with van der Waals surface area (Å²) in [5.41, 5.74) is 5.43. The highest BCUT2D eigenvalue weighted by Gasteiger charge is 2.41. The Morgan fingerprint density at radius 3 is 2.19 bits per heavy atom. The van der Waals surface area contributed by atoms with Gasteiger partial charge in [0.25, 0.3) is 0 Å². The van der Waals surface area contributed by atoms with Gasteiger partial charge in [0.05, 0.1) is 36.1 Å². The molecule has 3 aromatic heterocycles. The fraction of sp³-hybridized carbons (Fsp3) is 0.255. The zero-order valence-electron chi connectivity index (χ0n) is 36.2. The summed E-state index contributed by atoms with van der Waals surface area (Å²) in [6.45, 7) is 1.90. The lowest BCUT2D eigenvalue weighted by atomic mass is 9.94. The SMILES string of the molecule is N#C/C(=C\C1=CC2SCC(c3sc(C4=CC5SC6=C(CCC(c7sc(C8Cc9sc(/C=C(\C#N)C(=O)O)cc9S8)c8c7OCCO8)=C6)N(c6ccccc6)C5C=C4)c4c3OCCO4)=CC2S1)C(=O)O. The van der Waals surface area contributed by atoms with Crippen LogP contribution in [0.3, 0.4) is 0 Å². The van der Waals surface area contributed by atoms with E-state index in [1.807, 2.05) is 29.6 Å². The van der Waals surface area contributed by atoms with E-state index < -0.39 is 11.9 Å². The first-order valence-electron chi connectivity index (χ1n) is 22.1.